The summed E-state index contributed by atoms with van der Waals surface area (Å²) < 4.78 is 26.3. The molecule has 2 aromatic rings. The van der Waals surface area contributed by atoms with Gasteiger partial charge in [-0.2, -0.15) is 0 Å². The monoisotopic (exact) mass is 403 g/mol. The fourth-order valence-corrected chi connectivity index (χ4v) is 4.17. The van der Waals surface area contributed by atoms with Crippen LogP contribution >= 0.6 is 0 Å². The third kappa shape index (κ3) is 5.39. The lowest BCUT2D eigenvalue weighted by atomic mass is 10.2. The van der Waals surface area contributed by atoms with Gasteiger partial charge in [0.05, 0.1) is 4.90 Å². The number of sulfone groups is 1. The van der Waals surface area contributed by atoms with E-state index in [4.69, 9.17) is 0 Å². The zero-order valence-electron chi connectivity index (χ0n) is 16.2. The highest BCUT2D eigenvalue weighted by Crippen LogP contribution is 2.28. The molecule has 0 spiro atoms. The van der Waals surface area contributed by atoms with Crippen molar-refractivity contribution in [1.82, 2.24) is 15.6 Å². The molecule has 0 fully saturated rings. The lowest BCUT2D eigenvalue weighted by Crippen LogP contribution is -2.45. The minimum absolute atomic E-state index is 0.144. The summed E-state index contributed by atoms with van der Waals surface area (Å²) in [7, 11) is -3.81. The van der Waals surface area contributed by atoms with Crippen LogP contribution in [-0.2, 0) is 19.4 Å². The van der Waals surface area contributed by atoms with Crippen LogP contribution in [0.4, 0.5) is 0 Å². The summed E-state index contributed by atoms with van der Waals surface area (Å²) in [5.74, 6) is -1.65. The van der Waals surface area contributed by atoms with Gasteiger partial charge in [0.2, 0.25) is 0 Å². The number of nitrogens with one attached hydrogen (secondary N) is 2. The van der Waals surface area contributed by atoms with Crippen molar-refractivity contribution < 1.29 is 18.0 Å². The Kier molecular flexibility index (Phi) is 7.28. The highest BCUT2D eigenvalue weighted by atomic mass is 32.2. The standard InChI is InChI=1S/C20H25N3O4S/c1-4-15(3)23-20(25)19(24)22-13-18(16-6-5-11-21-12-16)28(26,27)17-9-7-14(2)8-10-17/h5-12,15,18H,4,13H2,1-3H3,(H,22,24)(H,23,25)/t15-,18-/m1/s1. The van der Waals surface area contributed by atoms with Gasteiger partial charge >= 0.3 is 11.8 Å². The van der Waals surface area contributed by atoms with Gasteiger partial charge in [0.25, 0.3) is 0 Å². The van der Waals surface area contributed by atoms with Crippen molar-refractivity contribution in [3.8, 4) is 0 Å². The molecule has 150 valence electrons. The number of hydrogen-bond donors (Lipinski definition) is 2. The Bertz CT molecular complexity index is 912. The van der Waals surface area contributed by atoms with Crippen molar-refractivity contribution in [2.45, 2.75) is 43.4 Å². The normalized spacial score (nSPS) is 13.4. The molecule has 0 aliphatic heterocycles. The largest absolute Gasteiger partial charge is 0.346 e. The first-order chi connectivity index (χ1) is 13.3. The fraction of sp³-hybridized carbons (Fsp3) is 0.350. The molecule has 2 N–H and O–H groups in total. The quantitative estimate of drug-likeness (QED) is 0.688. The van der Waals surface area contributed by atoms with Crippen molar-refractivity contribution in [2.24, 2.45) is 0 Å². The molecule has 1 aromatic heterocycles. The molecule has 0 unspecified atom stereocenters. The summed E-state index contributed by atoms with van der Waals surface area (Å²) in [4.78, 5) is 28.2. The van der Waals surface area contributed by atoms with E-state index in [1.54, 1.807) is 31.2 Å². The van der Waals surface area contributed by atoms with Crippen LogP contribution in [0, 0.1) is 6.92 Å². The molecule has 0 aliphatic rings. The summed E-state index contributed by atoms with van der Waals surface area (Å²) in [6.07, 6.45) is 3.66. The number of hydrogen-bond acceptors (Lipinski definition) is 5. The smallest absolute Gasteiger partial charge is 0.309 e. The van der Waals surface area contributed by atoms with Gasteiger partial charge in [-0.05, 0) is 44.0 Å². The molecule has 2 amide bonds. The number of rotatable bonds is 7. The number of pyridine rings is 1. The molecular weight excluding hydrogens is 378 g/mol. The van der Waals surface area contributed by atoms with Gasteiger partial charge in [-0.3, -0.25) is 14.6 Å². The molecule has 0 saturated heterocycles. The summed E-state index contributed by atoms with van der Waals surface area (Å²) >= 11 is 0. The summed E-state index contributed by atoms with van der Waals surface area (Å²) in [5, 5.41) is 3.93. The van der Waals surface area contributed by atoms with E-state index in [0.29, 0.717) is 12.0 Å². The summed E-state index contributed by atoms with van der Waals surface area (Å²) in [6.45, 7) is 5.29. The van der Waals surface area contributed by atoms with E-state index in [9.17, 15) is 18.0 Å². The van der Waals surface area contributed by atoms with Crippen LogP contribution < -0.4 is 10.6 Å². The Morgan fingerprint density at radius 2 is 1.79 bits per heavy atom. The van der Waals surface area contributed by atoms with E-state index < -0.39 is 26.9 Å². The van der Waals surface area contributed by atoms with E-state index in [-0.39, 0.29) is 17.5 Å². The van der Waals surface area contributed by atoms with Crippen LogP contribution in [0.2, 0.25) is 0 Å². The van der Waals surface area contributed by atoms with Crippen LogP contribution in [0.3, 0.4) is 0 Å². The maximum Gasteiger partial charge on any atom is 0.309 e. The minimum Gasteiger partial charge on any atom is -0.346 e. The second kappa shape index (κ2) is 9.45. The highest BCUT2D eigenvalue weighted by molar-refractivity contribution is 7.91. The molecule has 2 rings (SSSR count). The zero-order valence-corrected chi connectivity index (χ0v) is 17.0. The second-order valence-electron chi connectivity index (χ2n) is 6.63. The molecule has 0 radical (unpaired) electrons. The minimum atomic E-state index is -3.81. The Balaban J connectivity index is 2.25. The van der Waals surface area contributed by atoms with Gasteiger partial charge in [-0.25, -0.2) is 8.42 Å². The van der Waals surface area contributed by atoms with Gasteiger partial charge in [0.15, 0.2) is 9.84 Å². The van der Waals surface area contributed by atoms with Crippen LogP contribution in [0.15, 0.2) is 53.7 Å². The molecule has 28 heavy (non-hydrogen) atoms. The average molecular weight is 404 g/mol. The molecular formula is C20H25N3O4S. The third-order valence-corrected chi connectivity index (χ3v) is 6.54. The lowest BCUT2D eigenvalue weighted by molar-refractivity contribution is -0.139. The molecule has 1 aromatic carbocycles. The van der Waals surface area contributed by atoms with Gasteiger partial charge in [0, 0.05) is 25.0 Å². The molecule has 0 aliphatic carbocycles. The van der Waals surface area contributed by atoms with Gasteiger partial charge in [-0.15, -0.1) is 0 Å². The Morgan fingerprint density at radius 1 is 1.11 bits per heavy atom. The molecule has 0 saturated carbocycles. The molecule has 8 heteroatoms. The Labute approximate surface area is 165 Å². The average Bonchev–Trinajstić information content (AvgIpc) is 2.68. The zero-order chi connectivity index (χ0) is 20.7. The predicted octanol–water partition coefficient (Wildman–Crippen LogP) is 1.94. The van der Waals surface area contributed by atoms with Gasteiger partial charge in [0.1, 0.15) is 5.25 Å². The molecule has 1 heterocycles. The highest BCUT2D eigenvalue weighted by Gasteiger charge is 2.30. The Hall–Kier alpha value is -2.74. The van der Waals surface area contributed by atoms with Crippen molar-refractivity contribution in [3.63, 3.8) is 0 Å². The number of amides is 2. The van der Waals surface area contributed by atoms with Crippen molar-refractivity contribution in [3.05, 3.63) is 59.9 Å². The number of carbonyl (C=O) groups is 2. The summed E-state index contributed by atoms with van der Waals surface area (Å²) in [6, 6.07) is 9.61. The van der Waals surface area contributed by atoms with E-state index in [2.05, 4.69) is 15.6 Å². The second-order valence-corrected chi connectivity index (χ2v) is 8.76. The first-order valence-corrected chi connectivity index (χ1v) is 10.6. The molecule has 2 atom stereocenters. The van der Waals surface area contributed by atoms with E-state index in [1.807, 2.05) is 13.8 Å². The predicted molar refractivity (Wildman–Crippen MR) is 106 cm³/mol. The van der Waals surface area contributed by atoms with Crippen molar-refractivity contribution in [2.75, 3.05) is 6.54 Å². The van der Waals surface area contributed by atoms with E-state index >= 15 is 0 Å². The Morgan fingerprint density at radius 3 is 2.36 bits per heavy atom. The number of aromatic nitrogens is 1. The third-order valence-electron chi connectivity index (χ3n) is 4.42. The topological polar surface area (TPSA) is 105 Å². The maximum atomic E-state index is 13.2. The number of carbonyl (C=O) groups excluding carboxylic acids is 2. The first kappa shape index (κ1) is 21.6. The van der Waals surface area contributed by atoms with E-state index in [0.717, 1.165) is 5.56 Å². The first-order valence-electron chi connectivity index (χ1n) is 9.05. The van der Waals surface area contributed by atoms with Crippen LogP contribution in [0.25, 0.3) is 0 Å². The van der Waals surface area contributed by atoms with Crippen LogP contribution in [0.5, 0.6) is 0 Å². The van der Waals surface area contributed by atoms with Gasteiger partial charge in [-0.1, -0.05) is 30.7 Å². The van der Waals surface area contributed by atoms with Gasteiger partial charge < -0.3 is 10.6 Å². The summed E-state index contributed by atoms with van der Waals surface area (Å²) in [5.41, 5.74) is 1.37. The fourth-order valence-electron chi connectivity index (χ4n) is 2.52. The SMILES string of the molecule is CC[C@@H](C)NC(=O)C(=O)NC[C@H](c1cccnc1)S(=O)(=O)c1ccc(C)cc1. The van der Waals surface area contributed by atoms with E-state index in [1.165, 1.54) is 24.5 Å². The lowest BCUT2D eigenvalue weighted by Gasteiger charge is -2.19. The molecule has 0 bridgehead atoms. The van der Waals surface area contributed by atoms with Crippen LogP contribution in [0.1, 0.15) is 36.6 Å². The number of aryl methyl sites for hydroxylation is 1. The molecule has 7 nitrogen and oxygen atoms in total. The van der Waals surface area contributed by atoms with Crippen molar-refractivity contribution >= 4 is 21.7 Å². The van der Waals surface area contributed by atoms with Crippen LogP contribution in [-0.4, -0.2) is 37.8 Å². The maximum absolute atomic E-state index is 13.2. The van der Waals surface area contributed by atoms with Crippen molar-refractivity contribution in [1.29, 1.82) is 0 Å². The number of nitrogens with zero attached hydrogens (tertiary/aromatic N) is 1. The number of benzene rings is 1.